The lowest BCUT2D eigenvalue weighted by atomic mass is 10.0. The third kappa shape index (κ3) is 2.92. The van der Waals surface area contributed by atoms with Gasteiger partial charge in [0.2, 0.25) is 0 Å². The van der Waals surface area contributed by atoms with E-state index in [1.54, 1.807) is 0 Å². The summed E-state index contributed by atoms with van der Waals surface area (Å²) in [5.41, 5.74) is 5.91. The van der Waals surface area contributed by atoms with Crippen molar-refractivity contribution >= 4 is 64.9 Å². The summed E-state index contributed by atoms with van der Waals surface area (Å²) in [5.74, 6) is 0. The molecule has 0 aliphatic heterocycles. The van der Waals surface area contributed by atoms with Gasteiger partial charge >= 0.3 is 0 Å². The number of nitrogens with zero attached hydrogens (tertiary/aromatic N) is 1. The molecule has 7 aromatic rings. The van der Waals surface area contributed by atoms with Crippen LogP contribution in [0.2, 0.25) is 5.02 Å². The molecule has 2 heterocycles. The minimum Gasteiger partial charge on any atom is -0.309 e. The van der Waals surface area contributed by atoms with Gasteiger partial charge in [-0.25, -0.2) is 0 Å². The van der Waals surface area contributed by atoms with E-state index in [9.17, 15) is 0 Å². The SMILES string of the molecule is Clc1ccc2c3cc(-c4ccc5sc6ccccc6c5c4)ccc3n(-c3ccccc3)c2c1. The van der Waals surface area contributed by atoms with Gasteiger partial charge in [0, 0.05) is 41.7 Å². The fourth-order valence-corrected chi connectivity index (χ4v) is 6.19. The Balaban J connectivity index is 1.49. The quantitative estimate of drug-likeness (QED) is 0.242. The van der Waals surface area contributed by atoms with Gasteiger partial charge in [0.25, 0.3) is 0 Å². The highest BCUT2D eigenvalue weighted by molar-refractivity contribution is 7.25. The summed E-state index contributed by atoms with van der Waals surface area (Å²) >= 11 is 8.27. The van der Waals surface area contributed by atoms with E-state index in [4.69, 9.17) is 11.6 Å². The average molecular weight is 460 g/mol. The van der Waals surface area contributed by atoms with Gasteiger partial charge in [0.15, 0.2) is 0 Å². The van der Waals surface area contributed by atoms with Gasteiger partial charge in [-0.05, 0) is 65.7 Å². The Morgan fingerprint density at radius 1 is 0.515 bits per heavy atom. The molecular weight excluding hydrogens is 442 g/mol. The normalized spacial score (nSPS) is 11.8. The predicted octanol–water partition coefficient (Wildman–Crippen LogP) is 9.47. The molecule has 0 bridgehead atoms. The molecule has 1 nitrogen and oxygen atoms in total. The zero-order valence-electron chi connectivity index (χ0n) is 17.6. The third-order valence-corrected chi connectivity index (χ3v) is 7.84. The Labute approximate surface area is 200 Å². The van der Waals surface area contributed by atoms with Crippen LogP contribution < -0.4 is 0 Å². The molecule has 0 atom stereocenters. The van der Waals surface area contributed by atoms with Gasteiger partial charge in [-0.2, -0.15) is 0 Å². The van der Waals surface area contributed by atoms with Crippen molar-refractivity contribution in [3.63, 3.8) is 0 Å². The number of hydrogen-bond donors (Lipinski definition) is 0. The van der Waals surface area contributed by atoms with Crippen molar-refractivity contribution in [2.45, 2.75) is 0 Å². The van der Waals surface area contributed by atoms with Gasteiger partial charge < -0.3 is 4.57 Å². The molecule has 156 valence electrons. The highest BCUT2D eigenvalue weighted by Gasteiger charge is 2.14. The van der Waals surface area contributed by atoms with E-state index in [1.165, 1.54) is 47.6 Å². The van der Waals surface area contributed by atoms with Crippen molar-refractivity contribution in [3.8, 4) is 16.8 Å². The maximum atomic E-state index is 6.41. The number of benzene rings is 5. The third-order valence-electron chi connectivity index (χ3n) is 6.45. The second-order valence-corrected chi connectivity index (χ2v) is 9.89. The molecule has 0 spiro atoms. The minimum atomic E-state index is 0.748. The zero-order chi connectivity index (χ0) is 21.9. The molecule has 0 radical (unpaired) electrons. The van der Waals surface area contributed by atoms with Crippen LogP contribution in [0.3, 0.4) is 0 Å². The first-order valence-electron chi connectivity index (χ1n) is 11.0. The molecule has 0 aliphatic rings. The van der Waals surface area contributed by atoms with Gasteiger partial charge in [-0.1, -0.05) is 66.2 Å². The fraction of sp³-hybridized carbons (Fsp3) is 0. The molecule has 0 aliphatic carbocycles. The maximum Gasteiger partial charge on any atom is 0.0555 e. The van der Waals surface area contributed by atoms with Crippen LogP contribution in [0.4, 0.5) is 0 Å². The van der Waals surface area contributed by atoms with Crippen LogP contribution in [0.15, 0.2) is 109 Å². The number of thiophene rings is 1. The highest BCUT2D eigenvalue weighted by atomic mass is 35.5. The molecule has 0 amide bonds. The lowest BCUT2D eigenvalue weighted by Crippen LogP contribution is -1.93. The van der Waals surface area contributed by atoms with Crippen molar-refractivity contribution in [3.05, 3.63) is 114 Å². The van der Waals surface area contributed by atoms with Gasteiger partial charge in [-0.15, -0.1) is 11.3 Å². The lowest BCUT2D eigenvalue weighted by Gasteiger charge is -2.08. The smallest absolute Gasteiger partial charge is 0.0555 e. The molecule has 0 saturated carbocycles. The number of aromatic nitrogens is 1. The number of halogens is 1. The average Bonchev–Trinajstić information content (AvgIpc) is 3.38. The number of fused-ring (bicyclic) bond motifs is 6. The highest BCUT2D eigenvalue weighted by Crippen LogP contribution is 2.39. The van der Waals surface area contributed by atoms with Crippen LogP contribution in [0.5, 0.6) is 0 Å². The topological polar surface area (TPSA) is 4.93 Å². The Morgan fingerprint density at radius 3 is 2.12 bits per heavy atom. The van der Waals surface area contributed by atoms with E-state index < -0.39 is 0 Å². The molecular formula is C30H18ClNS. The summed E-state index contributed by atoms with van der Waals surface area (Å²) < 4.78 is 4.97. The minimum absolute atomic E-state index is 0.748. The first kappa shape index (κ1) is 18.9. The first-order chi connectivity index (χ1) is 16.3. The van der Waals surface area contributed by atoms with E-state index in [1.807, 2.05) is 23.5 Å². The maximum absolute atomic E-state index is 6.41. The van der Waals surface area contributed by atoms with Crippen molar-refractivity contribution in [2.24, 2.45) is 0 Å². The number of rotatable bonds is 2. The van der Waals surface area contributed by atoms with Gasteiger partial charge in [0.1, 0.15) is 0 Å². The predicted molar refractivity (Wildman–Crippen MR) is 144 cm³/mol. The largest absolute Gasteiger partial charge is 0.309 e. The molecule has 33 heavy (non-hydrogen) atoms. The number of hydrogen-bond acceptors (Lipinski definition) is 1. The van der Waals surface area contributed by atoms with E-state index >= 15 is 0 Å². The Hall–Kier alpha value is -3.59. The summed E-state index contributed by atoms with van der Waals surface area (Å²) in [6.07, 6.45) is 0. The van der Waals surface area contributed by atoms with Gasteiger partial charge in [0.05, 0.1) is 11.0 Å². The summed E-state index contributed by atoms with van der Waals surface area (Å²) in [6, 6.07) is 39.0. The second-order valence-electron chi connectivity index (χ2n) is 8.37. The Bertz CT molecular complexity index is 1830. The monoisotopic (exact) mass is 459 g/mol. The standard InChI is InChI=1S/C30H18ClNS/c31-21-12-13-23-25-16-19(10-14-27(25)32(28(23)18-21)22-6-2-1-3-7-22)20-11-15-30-26(17-20)24-8-4-5-9-29(24)33-30/h1-18H. The zero-order valence-corrected chi connectivity index (χ0v) is 19.2. The first-order valence-corrected chi connectivity index (χ1v) is 12.2. The van der Waals surface area contributed by atoms with Crippen molar-refractivity contribution in [2.75, 3.05) is 0 Å². The van der Waals surface area contributed by atoms with E-state index in [0.29, 0.717) is 0 Å². The molecule has 5 aromatic carbocycles. The van der Waals surface area contributed by atoms with Crippen LogP contribution in [0, 0.1) is 0 Å². The molecule has 3 heteroatoms. The van der Waals surface area contributed by atoms with Crippen molar-refractivity contribution in [1.82, 2.24) is 4.57 Å². The molecule has 0 fully saturated rings. The Kier molecular flexibility index (Phi) is 4.14. The summed E-state index contributed by atoms with van der Waals surface area (Å²) in [5, 5.41) is 5.85. The summed E-state index contributed by atoms with van der Waals surface area (Å²) in [6.45, 7) is 0. The van der Waals surface area contributed by atoms with E-state index in [2.05, 4.69) is 102 Å². The second kappa shape index (κ2) is 7.21. The summed E-state index contributed by atoms with van der Waals surface area (Å²) in [4.78, 5) is 0. The lowest BCUT2D eigenvalue weighted by molar-refractivity contribution is 1.18. The van der Waals surface area contributed by atoms with E-state index in [0.717, 1.165) is 16.2 Å². The molecule has 2 aromatic heterocycles. The number of para-hydroxylation sites is 1. The Morgan fingerprint density at radius 2 is 1.24 bits per heavy atom. The molecule has 0 saturated heterocycles. The molecule has 0 N–H and O–H groups in total. The van der Waals surface area contributed by atoms with Crippen molar-refractivity contribution in [1.29, 1.82) is 0 Å². The van der Waals surface area contributed by atoms with Gasteiger partial charge in [-0.3, -0.25) is 0 Å². The van der Waals surface area contributed by atoms with Crippen LogP contribution >= 0.6 is 22.9 Å². The summed E-state index contributed by atoms with van der Waals surface area (Å²) in [7, 11) is 0. The van der Waals surface area contributed by atoms with Crippen LogP contribution in [0.1, 0.15) is 0 Å². The van der Waals surface area contributed by atoms with E-state index in [-0.39, 0.29) is 0 Å². The van der Waals surface area contributed by atoms with Crippen LogP contribution in [-0.2, 0) is 0 Å². The van der Waals surface area contributed by atoms with Crippen LogP contribution in [0.25, 0.3) is 58.8 Å². The van der Waals surface area contributed by atoms with Crippen molar-refractivity contribution < 1.29 is 0 Å². The molecule has 7 rings (SSSR count). The molecule has 0 unspecified atom stereocenters. The fourth-order valence-electron chi connectivity index (χ4n) is 4.93. The van der Waals surface area contributed by atoms with Crippen LogP contribution in [-0.4, -0.2) is 4.57 Å².